The number of nitrogens with two attached hydrogens (primary N) is 1. The van der Waals surface area contributed by atoms with Crippen molar-refractivity contribution in [2.24, 2.45) is 11.7 Å². The van der Waals surface area contributed by atoms with Gasteiger partial charge in [-0.2, -0.15) is 0 Å². The second-order valence-corrected chi connectivity index (χ2v) is 5.69. The Bertz CT molecular complexity index is 709. The molecule has 1 aromatic heterocycles. The summed E-state index contributed by atoms with van der Waals surface area (Å²) in [5.74, 6) is -0.277. The highest BCUT2D eigenvalue weighted by molar-refractivity contribution is 5.92. The zero-order valence-corrected chi connectivity index (χ0v) is 12.9. The molecule has 2 unspecified atom stereocenters. The van der Waals surface area contributed by atoms with E-state index >= 15 is 0 Å². The van der Waals surface area contributed by atoms with Gasteiger partial charge in [0.05, 0.1) is 5.52 Å². The highest BCUT2D eigenvalue weighted by Gasteiger charge is 2.24. The Morgan fingerprint density at radius 2 is 2.14 bits per heavy atom. The fraction of sp³-hybridized carbons (Fsp3) is 0.467. The molecule has 0 bridgehead atoms. The minimum atomic E-state index is -0.498. The van der Waals surface area contributed by atoms with Crippen LogP contribution in [-0.2, 0) is 4.79 Å². The van der Waals surface area contributed by atoms with Gasteiger partial charge in [0.25, 0.3) is 0 Å². The molecule has 2 atom stereocenters. The predicted molar refractivity (Wildman–Crippen MR) is 87.3 cm³/mol. The molecule has 0 radical (unpaired) electrons. The lowest BCUT2D eigenvalue weighted by atomic mass is 9.83. The monoisotopic (exact) mass is 325 g/mol. The summed E-state index contributed by atoms with van der Waals surface area (Å²) < 4.78 is 4.92. The summed E-state index contributed by atoms with van der Waals surface area (Å²) in [4.78, 5) is 25.8. The number of benzene rings is 1. The first-order valence-corrected chi connectivity index (χ1v) is 7.30. The van der Waals surface area contributed by atoms with Gasteiger partial charge in [-0.3, -0.25) is 9.78 Å². The maximum absolute atomic E-state index is 12.1. The molecular formula is C15H20ClN3O3. The van der Waals surface area contributed by atoms with Crippen molar-refractivity contribution in [3.8, 4) is 0 Å². The Labute approximate surface area is 133 Å². The molecule has 0 saturated heterocycles. The van der Waals surface area contributed by atoms with Crippen LogP contribution in [0.4, 0.5) is 5.69 Å². The maximum atomic E-state index is 12.1. The van der Waals surface area contributed by atoms with E-state index in [1.165, 1.54) is 0 Å². The van der Waals surface area contributed by atoms with E-state index in [0.717, 1.165) is 25.7 Å². The molecular weight excluding hydrogens is 306 g/mol. The third-order valence-corrected chi connectivity index (χ3v) is 4.12. The van der Waals surface area contributed by atoms with Crippen LogP contribution >= 0.6 is 12.4 Å². The number of aromatic amines is 1. The quantitative estimate of drug-likeness (QED) is 0.806. The van der Waals surface area contributed by atoms with Crippen molar-refractivity contribution in [2.75, 3.05) is 5.32 Å². The molecule has 1 heterocycles. The van der Waals surface area contributed by atoms with E-state index in [9.17, 15) is 9.59 Å². The number of amides is 1. The second kappa shape index (κ2) is 6.98. The Morgan fingerprint density at radius 1 is 1.36 bits per heavy atom. The van der Waals surface area contributed by atoms with Crippen molar-refractivity contribution in [3.05, 3.63) is 28.7 Å². The number of fused-ring (bicyclic) bond motifs is 1. The molecule has 1 saturated carbocycles. The van der Waals surface area contributed by atoms with Crippen LogP contribution in [0.15, 0.2) is 27.4 Å². The third-order valence-electron chi connectivity index (χ3n) is 4.12. The molecule has 120 valence electrons. The van der Waals surface area contributed by atoms with Crippen molar-refractivity contribution in [3.63, 3.8) is 0 Å². The molecule has 22 heavy (non-hydrogen) atoms. The lowest BCUT2D eigenvalue weighted by Gasteiger charge is -2.27. The van der Waals surface area contributed by atoms with Crippen LogP contribution in [0.5, 0.6) is 0 Å². The summed E-state index contributed by atoms with van der Waals surface area (Å²) in [6, 6.07) is 5.20. The number of carbonyl (C=O) groups excluding carboxylic acids is 1. The zero-order chi connectivity index (χ0) is 14.8. The molecule has 0 spiro atoms. The molecule has 6 nitrogen and oxygen atoms in total. The van der Waals surface area contributed by atoms with Gasteiger partial charge in [-0.25, -0.2) is 4.79 Å². The first-order chi connectivity index (χ1) is 10.1. The van der Waals surface area contributed by atoms with Crippen LogP contribution in [-0.4, -0.2) is 16.9 Å². The number of hydrogen-bond donors (Lipinski definition) is 3. The van der Waals surface area contributed by atoms with Crippen molar-refractivity contribution >= 4 is 35.1 Å². The molecule has 1 aromatic carbocycles. The number of anilines is 1. The van der Waals surface area contributed by atoms with E-state index in [2.05, 4.69) is 10.3 Å². The summed E-state index contributed by atoms with van der Waals surface area (Å²) in [5, 5.41) is 2.85. The molecule has 3 rings (SSSR count). The molecule has 1 amide bonds. The van der Waals surface area contributed by atoms with Crippen molar-refractivity contribution < 1.29 is 9.21 Å². The summed E-state index contributed by atoms with van der Waals surface area (Å²) in [7, 11) is 0. The number of oxazole rings is 1. The van der Waals surface area contributed by atoms with E-state index in [4.69, 9.17) is 10.2 Å². The summed E-state index contributed by atoms with van der Waals surface area (Å²) >= 11 is 0. The predicted octanol–water partition coefficient (Wildman–Crippen LogP) is 2.39. The second-order valence-electron chi connectivity index (χ2n) is 5.69. The Balaban J connectivity index is 0.00000176. The van der Waals surface area contributed by atoms with Crippen LogP contribution < -0.4 is 16.8 Å². The van der Waals surface area contributed by atoms with E-state index in [0.29, 0.717) is 23.2 Å². The van der Waals surface area contributed by atoms with Gasteiger partial charge in [0, 0.05) is 18.2 Å². The van der Waals surface area contributed by atoms with Crippen LogP contribution in [0, 0.1) is 5.92 Å². The summed E-state index contributed by atoms with van der Waals surface area (Å²) in [5.41, 5.74) is 7.77. The average Bonchev–Trinajstić information content (AvgIpc) is 2.80. The normalized spacial score (nSPS) is 21.3. The van der Waals surface area contributed by atoms with E-state index in [1.807, 2.05) is 0 Å². The minimum absolute atomic E-state index is 0. The Hall–Kier alpha value is -1.79. The topological polar surface area (TPSA) is 101 Å². The number of hydrogen-bond acceptors (Lipinski definition) is 4. The van der Waals surface area contributed by atoms with Crippen LogP contribution in [0.25, 0.3) is 11.1 Å². The van der Waals surface area contributed by atoms with Gasteiger partial charge in [0.1, 0.15) is 0 Å². The summed E-state index contributed by atoms with van der Waals surface area (Å²) in [6.45, 7) is 0. The van der Waals surface area contributed by atoms with E-state index < -0.39 is 5.76 Å². The van der Waals surface area contributed by atoms with Crippen LogP contribution in [0.1, 0.15) is 32.1 Å². The first kappa shape index (κ1) is 16.6. The van der Waals surface area contributed by atoms with E-state index in [-0.39, 0.29) is 30.3 Å². The number of aromatic nitrogens is 1. The number of H-pyrrole nitrogens is 1. The fourth-order valence-electron chi connectivity index (χ4n) is 2.97. The number of nitrogens with one attached hydrogen (secondary N) is 2. The number of halogens is 1. The van der Waals surface area contributed by atoms with E-state index in [1.54, 1.807) is 18.2 Å². The lowest BCUT2D eigenvalue weighted by molar-refractivity contribution is -0.117. The largest absolute Gasteiger partial charge is 0.417 e. The number of rotatable bonds is 3. The third kappa shape index (κ3) is 3.69. The molecule has 1 aliphatic rings. The molecule has 2 aromatic rings. The fourth-order valence-corrected chi connectivity index (χ4v) is 2.97. The average molecular weight is 326 g/mol. The van der Waals surface area contributed by atoms with Crippen LogP contribution in [0.3, 0.4) is 0 Å². The molecule has 1 aliphatic carbocycles. The highest BCUT2D eigenvalue weighted by Crippen LogP contribution is 2.26. The molecule has 4 N–H and O–H groups in total. The molecule has 7 heteroatoms. The van der Waals surface area contributed by atoms with Gasteiger partial charge in [0.2, 0.25) is 5.91 Å². The van der Waals surface area contributed by atoms with Gasteiger partial charge in [-0.05, 0) is 37.0 Å². The van der Waals surface area contributed by atoms with Crippen LogP contribution in [0.2, 0.25) is 0 Å². The first-order valence-electron chi connectivity index (χ1n) is 7.30. The highest BCUT2D eigenvalue weighted by atomic mass is 35.5. The maximum Gasteiger partial charge on any atom is 0.417 e. The minimum Gasteiger partial charge on any atom is -0.408 e. The standard InChI is InChI=1S/C15H19N3O3.ClH/c16-11-4-2-1-3-9(11)7-14(19)17-10-5-6-13-12(8-10)18-15(20)21-13;/h5-6,8-9,11H,1-4,7,16H2,(H,17,19)(H,18,20);1H. The Kier molecular flexibility index (Phi) is 5.26. The van der Waals surface area contributed by atoms with Gasteiger partial charge >= 0.3 is 5.76 Å². The van der Waals surface area contributed by atoms with Gasteiger partial charge in [-0.1, -0.05) is 12.8 Å². The van der Waals surface area contributed by atoms with Gasteiger partial charge in [-0.15, -0.1) is 12.4 Å². The van der Waals surface area contributed by atoms with Gasteiger partial charge in [0.15, 0.2) is 5.58 Å². The lowest BCUT2D eigenvalue weighted by Crippen LogP contribution is -2.35. The SMILES string of the molecule is Cl.NC1CCCCC1CC(=O)Nc1ccc2oc(=O)[nH]c2c1. The number of carbonyl (C=O) groups is 1. The van der Waals surface area contributed by atoms with Gasteiger partial charge < -0.3 is 15.5 Å². The van der Waals surface area contributed by atoms with Crippen molar-refractivity contribution in [2.45, 2.75) is 38.1 Å². The summed E-state index contributed by atoms with van der Waals surface area (Å²) in [6.07, 6.45) is 4.77. The Morgan fingerprint density at radius 3 is 2.91 bits per heavy atom. The molecule has 1 fully saturated rings. The van der Waals surface area contributed by atoms with Crippen molar-refractivity contribution in [1.82, 2.24) is 4.98 Å². The zero-order valence-electron chi connectivity index (χ0n) is 12.1. The smallest absolute Gasteiger partial charge is 0.408 e. The molecule has 0 aliphatic heterocycles. The van der Waals surface area contributed by atoms with Crippen molar-refractivity contribution in [1.29, 1.82) is 0 Å².